The molecule has 8 nitrogen and oxygen atoms in total. The Morgan fingerprint density at radius 1 is 1.25 bits per heavy atom. The minimum atomic E-state index is -0.250. The van der Waals surface area contributed by atoms with E-state index in [9.17, 15) is 4.79 Å². The molecule has 0 unspecified atom stereocenters. The average Bonchev–Trinajstić information content (AvgIpc) is 2.71. The molecule has 3 heterocycles. The van der Waals surface area contributed by atoms with E-state index >= 15 is 0 Å². The maximum Gasteiger partial charge on any atom is 0.290 e. The molecule has 1 saturated heterocycles. The first-order chi connectivity index (χ1) is 13.5. The molecule has 8 heteroatoms. The number of carbonyl (C=O) groups is 1. The molecule has 3 rings (SSSR count). The molecule has 0 bridgehead atoms. The van der Waals surface area contributed by atoms with E-state index in [1.165, 1.54) is 0 Å². The molecule has 1 fully saturated rings. The number of hydrogen-bond acceptors (Lipinski definition) is 6. The third-order valence-corrected chi connectivity index (χ3v) is 4.93. The van der Waals surface area contributed by atoms with Crippen LogP contribution >= 0.6 is 0 Å². The van der Waals surface area contributed by atoms with Gasteiger partial charge in [-0.25, -0.2) is 0 Å². The van der Waals surface area contributed by atoms with E-state index in [4.69, 9.17) is 19.4 Å². The Labute approximate surface area is 164 Å². The quantitative estimate of drug-likeness (QED) is 0.780. The molecule has 0 atom stereocenters. The number of likely N-dealkylation sites (tertiary alicyclic amines) is 1. The zero-order valence-electron chi connectivity index (χ0n) is 16.5. The third-order valence-electron chi connectivity index (χ3n) is 4.93. The Morgan fingerprint density at radius 2 is 1.93 bits per heavy atom. The molecule has 152 valence electrons. The number of hydrogen-bond donors (Lipinski definition) is 1. The van der Waals surface area contributed by atoms with Crippen molar-refractivity contribution in [2.45, 2.75) is 25.3 Å². The van der Waals surface area contributed by atoms with Gasteiger partial charge in [0, 0.05) is 38.1 Å². The normalized spacial score (nSPS) is 14.7. The van der Waals surface area contributed by atoms with E-state index in [0.29, 0.717) is 17.4 Å². The van der Waals surface area contributed by atoms with Crippen molar-refractivity contribution in [3.8, 4) is 11.5 Å². The Hall–Kier alpha value is -2.87. The molecule has 0 amide bonds. The fourth-order valence-corrected chi connectivity index (χ4v) is 3.42. The van der Waals surface area contributed by atoms with Crippen molar-refractivity contribution >= 4 is 6.47 Å². The maximum atomic E-state index is 11.8. The topological polar surface area (TPSA) is 93.9 Å². The van der Waals surface area contributed by atoms with Crippen molar-refractivity contribution in [3.05, 3.63) is 52.2 Å². The van der Waals surface area contributed by atoms with E-state index in [2.05, 4.69) is 16.0 Å². The molecule has 0 radical (unpaired) electrons. The van der Waals surface area contributed by atoms with Crippen LogP contribution in [0.3, 0.4) is 0 Å². The number of aryl methyl sites for hydroxylation is 1. The molecule has 1 aliphatic heterocycles. The first-order valence-electron chi connectivity index (χ1n) is 9.06. The summed E-state index contributed by atoms with van der Waals surface area (Å²) in [4.78, 5) is 27.0. The molecule has 2 aromatic heterocycles. The number of aromatic nitrogens is 2. The number of pyridine rings is 2. The predicted molar refractivity (Wildman–Crippen MR) is 105 cm³/mol. The Kier molecular flexibility index (Phi) is 8.01. The Bertz CT molecular complexity index is 829. The van der Waals surface area contributed by atoms with Crippen LogP contribution in [0.5, 0.6) is 11.5 Å². The number of methoxy groups -OCH3 is 2. The Balaban J connectivity index is 0.000000878. The fraction of sp³-hybridized carbons (Fsp3) is 0.450. The van der Waals surface area contributed by atoms with E-state index in [1.807, 2.05) is 12.3 Å². The summed E-state index contributed by atoms with van der Waals surface area (Å²) in [6.07, 6.45) is 5.69. The minimum Gasteiger partial charge on any atom is -0.493 e. The molecule has 0 saturated carbocycles. The third kappa shape index (κ3) is 5.32. The maximum absolute atomic E-state index is 11.8. The highest BCUT2D eigenvalue weighted by Crippen LogP contribution is 2.32. The summed E-state index contributed by atoms with van der Waals surface area (Å²) in [7, 11) is 5.06. The van der Waals surface area contributed by atoms with Gasteiger partial charge in [0.2, 0.25) is 0 Å². The lowest BCUT2D eigenvalue weighted by Crippen LogP contribution is -2.33. The van der Waals surface area contributed by atoms with Gasteiger partial charge in [-0.1, -0.05) is 0 Å². The van der Waals surface area contributed by atoms with Gasteiger partial charge < -0.3 is 19.1 Å². The van der Waals surface area contributed by atoms with Crippen LogP contribution < -0.4 is 15.0 Å². The van der Waals surface area contributed by atoms with Gasteiger partial charge in [-0.2, -0.15) is 0 Å². The van der Waals surface area contributed by atoms with Gasteiger partial charge in [0.1, 0.15) is 5.69 Å². The summed E-state index contributed by atoms with van der Waals surface area (Å²) < 4.78 is 12.4. The number of carboxylic acid groups (broad SMARTS) is 1. The number of nitrogens with zero attached hydrogens (tertiary/aromatic N) is 3. The smallest absolute Gasteiger partial charge is 0.290 e. The monoisotopic (exact) mass is 389 g/mol. The Morgan fingerprint density at radius 3 is 2.50 bits per heavy atom. The van der Waals surface area contributed by atoms with Crippen LogP contribution in [-0.4, -0.2) is 53.3 Å². The van der Waals surface area contributed by atoms with Crippen molar-refractivity contribution in [1.82, 2.24) is 14.5 Å². The molecule has 2 aromatic rings. The second-order valence-corrected chi connectivity index (χ2v) is 6.56. The standard InChI is InChI=1S/C19H25N3O3.CH2O2/c1-21-9-5-15(12-18(21)23)14-6-10-22(11-7-14)13-16-19(25-3)17(24-2)4-8-20-16;2-1-3/h4-5,8-9,12,14H,6-7,10-11,13H2,1-3H3;1H,(H,2,3). The number of ether oxygens (including phenoxy) is 2. The van der Waals surface area contributed by atoms with Crippen molar-refractivity contribution in [1.29, 1.82) is 0 Å². The lowest BCUT2D eigenvalue weighted by atomic mass is 9.90. The molecule has 0 aliphatic carbocycles. The zero-order valence-corrected chi connectivity index (χ0v) is 16.5. The highest BCUT2D eigenvalue weighted by atomic mass is 16.5. The largest absolute Gasteiger partial charge is 0.493 e. The lowest BCUT2D eigenvalue weighted by molar-refractivity contribution is -0.122. The van der Waals surface area contributed by atoms with Crippen molar-refractivity contribution in [2.24, 2.45) is 7.05 Å². The summed E-state index contributed by atoms with van der Waals surface area (Å²) in [5.74, 6) is 1.87. The summed E-state index contributed by atoms with van der Waals surface area (Å²) in [6, 6.07) is 5.64. The highest BCUT2D eigenvalue weighted by Gasteiger charge is 2.23. The van der Waals surface area contributed by atoms with E-state index < -0.39 is 0 Å². The van der Waals surface area contributed by atoms with Crippen LogP contribution in [0, 0.1) is 0 Å². The van der Waals surface area contributed by atoms with E-state index in [-0.39, 0.29) is 12.0 Å². The van der Waals surface area contributed by atoms with Gasteiger partial charge in [0.15, 0.2) is 11.5 Å². The number of rotatable bonds is 5. The number of piperidine rings is 1. The van der Waals surface area contributed by atoms with Crippen LogP contribution in [0.2, 0.25) is 0 Å². The van der Waals surface area contributed by atoms with Gasteiger partial charge in [-0.05, 0) is 43.5 Å². The van der Waals surface area contributed by atoms with Gasteiger partial charge in [-0.15, -0.1) is 0 Å². The van der Waals surface area contributed by atoms with Crippen molar-refractivity contribution in [2.75, 3.05) is 27.3 Å². The molecular formula is C20H27N3O5. The summed E-state index contributed by atoms with van der Waals surface area (Å²) in [5.41, 5.74) is 2.11. The summed E-state index contributed by atoms with van der Waals surface area (Å²) >= 11 is 0. The van der Waals surface area contributed by atoms with Crippen LogP contribution in [0.25, 0.3) is 0 Å². The van der Waals surface area contributed by atoms with E-state index in [0.717, 1.165) is 43.7 Å². The van der Waals surface area contributed by atoms with Crippen molar-refractivity contribution < 1.29 is 19.4 Å². The van der Waals surface area contributed by atoms with Crippen LogP contribution in [-0.2, 0) is 18.4 Å². The molecular weight excluding hydrogens is 362 g/mol. The van der Waals surface area contributed by atoms with Crippen molar-refractivity contribution in [3.63, 3.8) is 0 Å². The lowest BCUT2D eigenvalue weighted by Gasteiger charge is -2.32. The van der Waals surface area contributed by atoms with Gasteiger partial charge in [0.25, 0.3) is 12.0 Å². The summed E-state index contributed by atoms with van der Waals surface area (Å²) in [6.45, 7) is 2.44. The second kappa shape index (κ2) is 10.5. The minimum absolute atomic E-state index is 0.0604. The molecule has 0 aromatic carbocycles. The predicted octanol–water partition coefficient (Wildman–Crippen LogP) is 1.88. The van der Waals surface area contributed by atoms with Gasteiger partial charge in [0.05, 0.1) is 14.2 Å². The fourth-order valence-electron chi connectivity index (χ4n) is 3.42. The second-order valence-electron chi connectivity index (χ2n) is 6.56. The molecule has 0 spiro atoms. The van der Waals surface area contributed by atoms with E-state index in [1.54, 1.807) is 38.1 Å². The molecule has 1 N–H and O–H groups in total. The SMILES string of the molecule is COc1ccnc(CN2CCC(c3ccn(C)c(=O)c3)CC2)c1OC.O=CO. The van der Waals surface area contributed by atoms with Crippen LogP contribution in [0.15, 0.2) is 35.4 Å². The summed E-state index contributed by atoms with van der Waals surface area (Å²) in [5, 5.41) is 6.89. The first kappa shape index (κ1) is 21.4. The average molecular weight is 389 g/mol. The van der Waals surface area contributed by atoms with Gasteiger partial charge in [-0.3, -0.25) is 19.5 Å². The molecule has 28 heavy (non-hydrogen) atoms. The molecule has 1 aliphatic rings. The van der Waals surface area contributed by atoms with Crippen LogP contribution in [0.4, 0.5) is 0 Å². The first-order valence-corrected chi connectivity index (χ1v) is 9.06. The highest BCUT2D eigenvalue weighted by molar-refractivity contribution is 5.42. The zero-order chi connectivity index (χ0) is 20.5. The van der Waals surface area contributed by atoms with Gasteiger partial charge >= 0.3 is 0 Å². The van der Waals surface area contributed by atoms with Crippen LogP contribution in [0.1, 0.15) is 30.0 Å².